The summed E-state index contributed by atoms with van der Waals surface area (Å²) in [5.41, 5.74) is 1.34. The van der Waals surface area contributed by atoms with Crippen LogP contribution >= 0.6 is 15.9 Å². The van der Waals surface area contributed by atoms with Crippen molar-refractivity contribution in [2.75, 3.05) is 6.61 Å². The van der Waals surface area contributed by atoms with E-state index < -0.39 is 14.7 Å². The van der Waals surface area contributed by atoms with Crippen molar-refractivity contribution < 1.29 is 18.3 Å². The third-order valence-corrected chi connectivity index (χ3v) is 5.66. The highest BCUT2D eigenvalue weighted by Gasteiger charge is 2.21. The molecule has 0 radical (unpaired) electrons. The van der Waals surface area contributed by atoms with Crippen LogP contribution in [0.1, 0.15) is 18.1 Å². The number of aryl methyl sites for hydroxylation is 1. The van der Waals surface area contributed by atoms with Crippen molar-refractivity contribution in [3.8, 4) is 17.6 Å². The highest BCUT2D eigenvalue weighted by molar-refractivity contribution is 9.10. The van der Waals surface area contributed by atoms with E-state index in [2.05, 4.69) is 15.9 Å². The fourth-order valence-corrected chi connectivity index (χ4v) is 3.73. The molecule has 2 aromatic rings. The Morgan fingerprint density at radius 2 is 1.96 bits per heavy atom. The van der Waals surface area contributed by atoms with Gasteiger partial charge in [0.2, 0.25) is 9.84 Å². The van der Waals surface area contributed by atoms with E-state index in [1.807, 2.05) is 6.92 Å². The first-order valence-electron chi connectivity index (χ1n) is 7.38. The normalized spacial score (nSPS) is 11.8. The van der Waals surface area contributed by atoms with Gasteiger partial charge in [0.15, 0.2) is 11.5 Å². The van der Waals surface area contributed by atoms with E-state index in [9.17, 15) is 18.8 Å². The largest absolute Gasteiger partial charge is 0.503 e. The number of nitriles is 1. The predicted octanol–water partition coefficient (Wildman–Crippen LogP) is 4.20. The number of aromatic hydroxyl groups is 1. The molecule has 0 fully saturated rings. The molecule has 0 aliphatic heterocycles. The number of ether oxygens (including phenoxy) is 1. The van der Waals surface area contributed by atoms with Gasteiger partial charge in [-0.3, -0.25) is 0 Å². The smallest absolute Gasteiger partial charge is 0.216 e. The van der Waals surface area contributed by atoms with Gasteiger partial charge in [0.05, 0.1) is 16.0 Å². The minimum atomic E-state index is -3.93. The van der Waals surface area contributed by atoms with E-state index in [4.69, 9.17) is 4.74 Å². The molecule has 0 atom stereocenters. The van der Waals surface area contributed by atoms with Crippen LogP contribution in [-0.4, -0.2) is 20.1 Å². The number of halogens is 1. The zero-order valence-electron chi connectivity index (χ0n) is 13.7. The van der Waals surface area contributed by atoms with Crippen LogP contribution in [0.5, 0.6) is 11.5 Å². The minimum absolute atomic E-state index is 0.0498. The first-order valence-corrected chi connectivity index (χ1v) is 9.66. The van der Waals surface area contributed by atoms with E-state index in [1.165, 1.54) is 30.3 Å². The number of hydrogen-bond donors (Lipinski definition) is 1. The molecule has 0 saturated heterocycles. The van der Waals surface area contributed by atoms with E-state index >= 15 is 0 Å². The number of phenols is 1. The second-order valence-corrected chi connectivity index (χ2v) is 7.99. The zero-order valence-corrected chi connectivity index (χ0v) is 16.1. The summed E-state index contributed by atoms with van der Waals surface area (Å²) in [6.45, 7) is 3.94. The van der Waals surface area contributed by atoms with Crippen molar-refractivity contribution >= 4 is 31.8 Å². The van der Waals surface area contributed by atoms with E-state index in [0.717, 1.165) is 5.56 Å². The maximum absolute atomic E-state index is 12.7. The molecule has 7 heteroatoms. The second-order valence-electron chi connectivity index (χ2n) is 5.22. The molecule has 0 aliphatic carbocycles. The fourth-order valence-electron chi connectivity index (χ4n) is 2.11. The number of hydrogen-bond acceptors (Lipinski definition) is 5. The Bertz CT molecular complexity index is 958. The molecule has 0 amide bonds. The van der Waals surface area contributed by atoms with Crippen molar-refractivity contribution in [1.29, 1.82) is 5.26 Å². The lowest BCUT2D eigenvalue weighted by molar-refractivity contribution is 0.317. The molecule has 2 rings (SSSR count). The highest BCUT2D eigenvalue weighted by Crippen LogP contribution is 2.36. The SMILES string of the molecule is CCOc1cc(C=C(C#N)S(=O)(=O)c2ccc(C)cc2)cc(Br)c1O. The summed E-state index contributed by atoms with van der Waals surface area (Å²) in [4.78, 5) is -0.342. The highest BCUT2D eigenvalue weighted by atomic mass is 79.9. The van der Waals surface area contributed by atoms with Gasteiger partial charge in [-0.15, -0.1) is 0 Å². The minimum Gasteiger partial charge on any atom is -0.503 e. The zero-order chi connectivity index (χ0) is 18.6. The van der Waals surface area contributed by atoms with Crippen LogP contribution < -0.4 is 4.74 Å². The molecule has 0 aromatic heterocycles. The van der Waals surface area contributed by atoms with Crippen LogP contribution in [-0.2, 0) is 9.84 Å². The monoisotopic (exact) mass is 421 g/mol. The van der Waals surface area contributed by atoms with Gasteiger partial charge in [-0.1, -0.05) is 17.7 Å². The van der Waals surface area contributed by atoms with Gasteiger partial charge in [0, 0.05) is 0 Å². The van der Waals surface area contributed by atoms with Gasteiger partial charge in [-0.2, -0.15) is 5.26 Å². The molecule has 0 spiro atoms. The van der Waals surface area contributed by atoms with E-state index in [-0.39, 0.29) is 16.4 Å². The van der Waals surface area contributed by atoms with Gasteiger partial charge in [-0.25, -0.2) is 8.42 Å². The molecule has 1 N–H and O–H groups in total. The Balaban J connectivity index is 2.54. The number of rotatable bonds is 5. The lowest BCUT2D eigenvalue weighted by Crippen LogP contribution is -2.03. The molecule has 130 valence electrons. The van der Waals surface area contributed by atoms with Crippen molar-refractivity contribution in [3.63, 3.8) is 0 Å². The molecule has 0 saturated carbocycles. The summed E-state index contributed by atoms with van der Waals surface area (Å²) in [6.07, 6.45) is 1.25. The molecular formula is C18H16BrNO4S. The lowest BCUT2D eigenvalue weighted by Gasteiger charge is -2.09. The van der Waals surface area contributed by atoms with Crippen LogP contribution in [0.2, 0.25) is 0 Å². The Hall–Kier alpha value is -2.30. The molecule has 0 heterocycles. The number of allylic oxidation sites excluding steroid dienone is 1. The second kappa shape index (κ2) is 7.72. The summed E-state index contributed by atoms with van der Waals surface area (Å²) in [7, 11) is -3.93. The van der Waals surface area contributed by atoms with Crippen LogP contribution in [0, 0.1) is 18.3 Å². The Labute approximate surface area is 155 Å². The van der Waals surface area contributed by atoms with Gasteiger partial charge >= 0.3 is 0 Å². The van der Waals surface area contributed by atoms with Crippen molar-refractivity contribution in [2.24, 2.45) is 0 Å². The maximum Gasteiger partial charge on any atom is 0.216 e. The lowest BCUT2D eigenvalue weighted by atomic mass is 10.2. The van der Waals surface area contributed by atoms with Crippen molar-refractivity contribution in [2.45, 2.75) is 18.7 Å². The Morgan fingerprint density at radius 3 is 2.52 bits per heavy atom. The molecular weight excluding hydrogens is 406 g/mol. The maximum atomic E-state index is 12.7. The fraction of sp³-hybridized carbons (Fsp3) is 0.167. The van der Waals surface area contributed by atoms with Gasteiger partial charge in [-0.05, 0) is 65.7 Å². The third kappa shape index (κ3) is 4.21. The number of benzene rings is 2. The summed E-state index contributed by atoms with van der Waals surface area (Å²) in [6, 6.07) is 11.0. The quantitative estimate of drug-likeness (QED) is 0.730. The summed E-state index contributed by atoms with van der Waals surface area (Å²) in [5, 5.41) is 19.3. The van der Waals surface area contributed by atoms with Gasteiger partial charge in [0.1, 0.15) is 11.0 Å². The summed E-state index contributed by atoms with van der Waals surface area (Å²) >= 11 is 3.19. The van der Waals surface area contributed by atoms with Crippen molar-refractivity contribution in [1.82, 2.24) is 0 Å². The average molecular weight is 422 g/mol. The molecule has 5 nitrogen and oxygen atoms in total. The molecule has 0 unspecified atom stereocenters. The molecule has 0 aliphatic rings. The van der Waals surface area contributed by atoms with Crippen LogP contribution in [0.25, 0.3) is 6.08 Å². The number of sulfone groups is 1. The standard InChI is InChI=1S/C18H16BrNO4S/c1-3-24-17-10-13(9-16(19)18(17)21)8-15(11-20)25(22,23)14-6-4-12(2)5-7-14/h4-10,21H,3H2,1-2H3. The Kier molecular flexibility index (Phi) is 5.88. The average Bonchev–Trinajstić information content (AvgIpc) is 2.57. The van der Waals surface area contributed by atoms with Gasteiger partial charge < -0.3 is 9.84 Å². The van der Waals surface area contributed by atoms with Crippen LogP contribution in [0.4, 0.5) is 0 Å². The van der Waals surface area contributed by atoms with Crippen LogP contribution in [0.15, 0.2) is 50.7 Å². The first-order chi connectivity index (χ1) is 11.8. The molecule has 25 heavy (non-hydrogen) atoms. The van der Waals surface area contributed by atoms with Gasteiger partial charge in [0.25, 0.3) is 0 Å². The van der Waals surface area contributed by atoms with Crippen LogP contribution in [0.3, 0.4) is 0 Å². The first kappa shape index (κ1) is 19.0. The van der Waals surface area contributed by atoms with E-state index in [1.54, 1.807) is 25.1 Å². The third-order valence-electron chi connectivity index (χ3n) is 3.38. The number of nitrogens with zero attached hydrogens (tertiary/aromatic N) is 1. The Morgan fingerprint density at radius 1 is 1.32 bits per heavy atom. The molecule has 0 bridgehead atoms. The topological polar surface area (TPSA) is 87.4 Å². The van der Waals surface area contributed by atoms with E-state index in [0.29, 0.717) is 16.6 Å². The predicted molar refractivity (Wildman–Crippen MR) is 98.9 cm³/mol. The molecule has 2 aromatic carbocycles. The summed E-state index contributed by atoms with van der Waals surface area (Å²) in [5.74, 6) is 0.118. The number of phenolic OH excluding ortho intramolecular Hbond substituents is 1. The van der Waals surface area contributed by atoms with Crippen molar-refractivity contribution in [3.05, 3.63) is 56.9 Å². The summed E-state index contributed by atoms with van der Waals surface area (Å²) < 4.78 is 31.0.